The van der Waals surface area contributed by atoms with E-state index in [-0.39, 0.29) is 11.8 Å². The van der Waals surface area contributed by atoms with Gasteiger partial charge in [0, 0.05) is 6.42 Å². The number of hydrogen-bond donors (Lipinski definition) is 2. The van der Waals surface area contributed by atoms with Crippen LogP contribution in [0.4, 0.5) is 0 Å². The normalized spacial score (nSPS) is 28.1. The van der Waals surface area contributed by atoms with Gasteiger partial charge in [0.25, 0.3) is 0 Å². The van der Waals surface area contributed by atoms with E-state index in [4.69, 9.17) is 21.4 Å². The minimum absolute atomic E-state index is 0.222. The molecule has 18 heavy (non-hydrogen) atoms. The van der Waals surface area contributed by atoms with Gasteiger partial charge in [0.2, 0.25) is 0 Å². The van der Waals surface area contributed by atoms with Crippen LogP contribution < -0.4 is 0 Å². The van der Waals surface area contributed by atoms with Crippen molar-refractivity contribution in [3.63, 3.8) is 0 Å². The second-order valence-electron chi connectivity index (χ2n) is 4.10. The first-order valence-electron chi connectivity index (χ1n) is 5.48. The van der Waals surface area contributed by atoms with Crippen molar-refractivity contribution in [1.82, 2.24) is 19.5 Å². The molecular weight excluding hydrogens is 260 g/mol. The molecule has 1 saturated heterocycles. The van der Waals surface area contributed by atoms with Gasteiger partial charge in [-0.1, -0.05) is 11.6 Å². The molecule has 1 aliphatic heterocycles. The lowest BCUT2D eigenvalue weighted by molar-refractivity contribution is -0.0432. The molecule has 2 N–H and O–H groups in total. The fourth-order valence-electron chi connectivity index (χ4n) is 2.08. The molecule has 3 rings (SSSR count). The van der Waals surface area contributed by atoms with E-state index in [1.165, 1.54) is 6.33 Å². The topological polar surface area (TPSA) is 93.3 Å². The van der Waals surface area contributed by atoms with Crippen molar-refractivity contribution < 1.29 is 14.9 Å². The highest BCUT2D eigenvalue weighted by atomic mass is 35.5. The summed E-state index contributed by atoms with van der Waals surface area (Å²) in [5.74, 6) is 0. The minimum atomic E-state index is -0.699. The number of aromatic nitrogens is 4. The van der Waals surface area contributed by atoms with Crippen LogP contribution in [-0.4, -0.2) is 48.5 Å². The molecule has 2 aromatic rings. The Hall–Kier alpha value is -1.28. The van der Waals surface area contributed by atoms with E-state index < -0.39 is 18.4 Å². The standard InChI is InChI=1S/C10H11ClN4O3/c11-9-8-10(13-3-12-9)15(4-14-8)7-1-5(17)6(2-16)18-7/h3-7,16-17H,1-2H2/t5-,6+,7+/m1/s1. The predicted molar refractivity (Wildman–Crippen MR) is 62.0 cm³/mol. The lowest BCUT2D eigenvalue weighted by Crippen LogP contribution is -2.24. The smallest absolute Gasteiger partial charge is 0.166 e. The van der Waals surface area contributed by atoms with E-state index in [0.29, 0.717) is 17.6 Å². The van der Waals surface area contributed by atoms with Crippen LogP contribution in [0.1, 0.15) is 12.6 Å². The molecule has 8 heteroatoms. The quantitative estimate of drug-likeness (QED) is 0.753. The third kappa shape index (κ3) is 1.76. The number of aliphatic hydroxyl groups excluding tert-OH is 2. The third-order valence-electron chi connectivity index (χ3n) is 3.01. The Balaban J connectivity index is 1.99. The Morgan fingerprint density at radius 3 is 3.00 bits per heavy atom. The number of fused-ring (bicyclic) bond motifs is 1. The summed E-state index contributed by atoms with van der Waals surface area (Å²) in [7, 11) is 0. The molecule has 0 bridgehead atoms. The fraction of sp³-hybridized carbons (Fsp3) is 0.500. The summed E-state index contributed by atoms with van der Waals surface area (Å²) in [4.78, 5) is 12.1. The third-order valence-corrected chi connectivity index (χ3v) is 3.29. The van der Waals surface area contributed by atoms with Gasteiger partial charge in [0.05, 0.1) is 19.0 Å². The average Bonchev–Trinajstić information content (AvgIpc) is 2.93. The van der Waals surface area contributed by atoms with E-state index >= 15 is 0 Å². The van der Waals surface area contributed by atoms with E-state index in [1.807, 2.05) is 0 Å². The highest BCUT2D eigenvalue weighted by Crippen LogP contribution is 2.31. The molecule has 0 spiro atoms. The molecule has 1 aliphatic rings. The van der Waals surface area contributed by atoms with Gasteiger partial charge in [-0.3, -0.25) is 4.57 Å². The zero-order valence-electron chi connectivity index (χ0n) is 9.27. The number of hydrogen-bond acceptors (Lipinski definition) is 6. The molecule has 0 aromatic carbocycles. The molecule has 96 valence electrons. The fourth-order valence-corrected chi connectivity index (χ4v) is 2.26. The Labute approximate surface area is 107 Å². The van der Waals surface area contributed by atoms with Gasteiger partial charge in [0.1, 0.15) is 24.2 Å². The van der Waals surface area contributed by atoms with Gasteiger partial charge in [0.15, 0.2) is 10.8 Å². The Bertz CT molecular complexity index is 575. The maximum atomic E-state index is 9.71. The first-order valence-corrected chi connectivity index (χ1v) is 5.86. The van der Waals surface area contributed by atoms with Crippen LogP contribution in [0.2, 0.25) is 5.15 Å². The van der Waals surface area contributed by atoms with E-state index in [0.717, 1.165) is 0 Å². The second kappa shape index (κ2) is 4.43. The van der Waals surface area contributed by atoms with Crippen LogP contribution in [0.25, 0.3) is 11.2 Å². The number of halogens is 1. The molecule has 3 heterocycles. The molecule has 0 unspecified atom stereocenters. The number of ether oxygens (including phenoxy) is 1. The summed E-state index contributed by atoms with van der Waals surface area (Å²) >= 11 is 5.90. The van der Waals surface area contributed by atoms with Crippen molar-refractivity contribution in [3.8, 4) is 0 Å². The minimum Gasteiger partial charge on any atom is -0.394 e. The Kier molecular flexibility index (Phi) is 2.90. The second-order valence-corrected chi connectivity index (χ2v) is 4.46. The van der Waals surface area contributed by atoms with Gasteiger partial charge in [-0.25, -0.2) is 15.0 Å². The number of rotatable bonds is 2. The lowest BCUT2D eigenvalue weighted by Gasteiger charge is -2.13. The number of nitrogens with zero attached hydrogens (tertiary/aromatic N) is 4. The van der Waals surface area contributed by atoms with E-state index in [2.05, 4.69) is 15.0 Å². The van der Waals surface area contributed by atoms with Crippen LogP contribution in [0.3, 0.4) is 0 Å². The Morgan fingerprint density at radius 1 is 1.44 bits per heavy atom. The maximum absolute atomic E-state index is 9.71. The molecule has 7 nitrogen and oxygen atoms in total. The lowest BCUT2D eigenvalue weighted by atomic mass is 10.2. The average molecular weight is 271 g/mol. The van der Waals surface area contributed by atoms with Crippen molar-refractivity contribution in [3.05, 3.63) is 17.8 Å². The van der Waals surface area contributed by atoms with Crippen molar-refractivity contribution >= 4 is 22.8 Å². The van der Waals surface area contributed by atoms with Crippen LogP contribution in [0.5, 0.6) is 0 Å². The molecule has 1 fully saturated rings. The number of imidazole rings is 1. The van der Waals surface area contributed by atoms with Crippen LogP contribution in [-0.2, 0) is 4.74 Å². The molecule has 0 aliphatic carbocycles. The van der Waals surface area contributed by atoms with E-state index in [1.54, 1.807) is 10.9 Å². The van der Waals surface area contributed by atoms with Gasteiger partial charge >= 0.3 is 0 Å². The zero-order chi connectivity index (χ0) is 12.7. The number of aliphatic hydroxyl groups is 2. The summed E-state index contributed by atoms with van der Waals surface area (Å²) in [6, 6.07) is 0. The van der Waals surface area contributed by atoms with E-state index in [9.17, 15) is 5.11 Å². The molecular formula is C10H11ClN4O3. The zero-order valence-corrected chi connectivity index (χ0v) is 10.0. The molecule has 3 atom stereocenters. The molecule has 0 saturated carbocycles. The van der Waals surface area contributed by atoms with Crippen LogP contribution >= 0.6 is 11.6 Å². The van der Waals surface area contributed by atoms with Crippen molar-refractivity contribution in [2.45, 2.75) is 24.9 Å². The van der Waals surface area contributed by atoms with Crippen molar-refractivity contribution in [1.29, 1.82) is 0 Å². The Morgan fingerprint density at radius 2 is 2.28 bits per heavy atom. The highest BCUT2D eigenvalue weighted by Gasteiger charge is 2.35. The maximum Gasteiger partial charge on any atom is 0.166 e. The van der Waals surface area contributed by atoms with Gasteiger partial charge in [-0.05, 0) is 0 Å². The molecule has 0 radical (unpaired) electrons. The highest BCUT2D eigenvalue weighted by molar-refractivity contribution is 6.33. The summed E-state index contributed by atoms with van der Waals surface area (Å²) in [5, 5.41) is 19.0. The summed E-state index contributed by atoms with van der Waals surface area (Å²) in [5.41, 5.74) is 1.04. The van der Waals surface area contributed by atoms with Crippen LogP contribution in [0.15, 0.2) is 12.7 Å². The first-order chi connectivity index (χ1) is 8.70. The monoisotopic (exact) mass is 270 g/mol. The SMILES string of the molecule is OC[C@@H]1O[C@H](n2cnc3c(Cl)ncnc32)C[C@H]1O. The van der Waals surface area contributed by atoms with Gasteiger partial charge < -0.3 is 14.9 Å². The van der Waals surface area contributed by atoms with Crippen molar-refractivity contribution in [2.75, 3.05) is 6.61 Å². The van der Waals surface area contributed by atoms with Gasteiger partial charge in [-0.15, -0.1) is 0 Å². The molecule has 2 aromatic heterocycles. The van der Waals surface area contributed by atoms with Crippen LogP contribution in [0, 0.1) is 0 Å². The summed E-state index contributed by atoms with van der Waals surface area (Å²) < 4.78 is 7.22. The van der Waals surface area contributed by atoms with Crippen molar-refractivity contribution in [2.24, 2.45) is 0 Å². The summed E-state index contributed by atoms with van der Waals surface area (Å²) in [6.45, 7) is -0.222. The first kappa shape index (κ1) is 11.8. The largest absolute Gasteiger partial charge is 0.394 e. The summed E-state index contributed by atoms with van der Waals surface area (Å²) in [6.07, 6.45) is 1.57. The van der Waals surface area contributed by atoms with Gasteiger partial charge in [-0.2, -0.15) is 0 Å². The predicted octanol–water partition coefficient (Wildman–Crippen LogP) is 0.120. The molecule has 0 amide bonds.